The lowest BCUT2D eigenvalue weighted by atomic mass is 9.75. The molecule has 0 heterocycles. The summed E-state index contributed by atoms with van der Waals surface area (Å²) >= 11 is 0. The van der Waals surface area contributed by atoms with Crippen LogP contribution in [0.1, 0.15) is 12.0 Å². The van der Waals surface area contributed by atoms with Gasteiger partial charge in [0.05, 0.1) is 0 Å². The second kappa shape index (κ2) is 3.85. The first kappa shape index (κ1) is 10.5. The molecule has 1 unspecified atom stereocenters. The molecule has 16 heavy (non-hydrogen) atoms. The Kier molecular flexibility index (Phi) is 2.52. The summed E-state index contributed by atoms with van der Waals surface area (Å²) in [6.07, 6.45) is 7.58. The number of nitrogen functional groups attached to an aromatic ring is 1. The predicted octanol–water partition coefficient (Wildman–Crippen LogP) is 2.11. The van der Waals surface area contributed by atoms with E-state index in [4.69, 9.17) is 5.73 Å². The van der Waals surface area contributed by atoms with Crippen LogP contribution in [0.4, 0.5) is 5.69 Å². The van der Waals surface area contributed by atoms with Crippen LogP contribution in [-0.4, -0.2) is 11.1 Å². The second-order valence-electron chi connectivity index (χ2n) is 3.86. The van der Waals surface area contributed by atoms with Gasteiger partial charge in [-0.3, -0.25) is 4.79 Å². The summed E-state index contributed by atoms with van der Waals surface area (Å²) in [5, 5.41) is 9.43. The number of hydrogen-bond acceptors (Lipinski definition) is 2. The van der Waals surface area contributed by atoms with Crippen molar-refractivity contribution in [2.24, 2.45) is 0 Å². The maximum absolute atomic E-state index is 11.5. The number of para-hydroxylation sites is 1. The van der Waals surface area contributed by atoms with Crippen LogP contribution >= 0.6 is 0 Å². The topological polar surface area (TPSA) is 63.3 Å². The number of rotatable bonds is 2. The van der Waals surface area contributed by atoms with Crippen molar-refractivity contribution in [2.45, 2.75) is 11.8 Å². The molecule has 2 rings (SSSR count). The molecule has 0 amide bonds. The maximum atomic E-state index is 11.5. The van der Waals surface area contributed by atoms with Gasteiger partial charge in [0, 0.05) is 5.69 Å². The number of carbonyl (C=O) groups is 1. The van der Waals surface area contributed by atoms with Gasteiger partial charge in [-0.2, -0.15) is 0 Å². The Balaban J connectivity index is 2.57. The van der Waals surface area contributed by atoms with Crippen LogP contribution in [0.3, 0.4) is 0 Å². The Morgan fingerprint density at radius 3 is 2.62 bits per heavy atom. The maximum Gasteiger partial charge on any atom is 0.318 e. The zero-order chi connectivity index (χ0) is 11.6. The van der Waals surface area contributed by atoms with Crippen molar-refractivity contribution in [3.05, 3.63) is 54.1 Å². The van der Waals surface area contributed by atoms with E-state index in [1.807, 2.05) is 18.2 Å². The first-order chi connectivity index (χ1) is 7.67. The molecule has 82 valence electrons. The Morgan fingerprint density at radius 1 is 1.31 bits per heavy atom. The van der Waals surface area contributed by atoms with E-state index in [0.29, 0.717) is 17.7 Å². The SMILES string of the molecule is Nc1ccccc1C1(C(=O)O)C=CC=CC1. The number of hydrogen-bond donors (Lipinski definition) is 2. The fourth-order valence-corrected chi connectivity index (χ4v) is 2.00. The predicted molar refractivity (Wildman–Crippen MR) is 63.1 cm³/mol. The first-order valence-electron chi connectivity index (χ1n) is 5.09. The van der Waals surface area contributed by atoms with Crippen LogP contribution < -0.4 is 5.73 Å². The van der Waals surface area contributed by atoms with Gasteiger partial charge >= 0.3 is 5.97 Å². The minimum atomic E-state index is -1.01. The summed E-state index contributed by atoms with van der Waals surface area (Å²) < 4.78 is 0. The van der Waals surface area contributed by atoms with Crippen molar-refractivity contribution in [1.29, 1.82) is 0 Å². The molecule has 1 aromatic rings. The Bertz CT molecular complexity index is 477. The third kappa shape index (κ3) is 1.50. The van der Waals surface area contributed by atoms with Crippen LogP contribution in [-0.2, 0) is 10.2 Å². The summed E-state index contributed by atoms with van der Waals surface area (Å²) in [5.74, 6) is -0.869. The summed E-state index contributed by atoms with van der Waals surface area (Å²) in [6, 6.07) is 7.11. The van der Waals surface area contributed by atoms with Gasteiger partial charge in [-0.25, -0.2) is 0 Å². The molecular formula is C13H13NO2. The van der Waals surface area contributed by atoms with Crippen LogP contribution in [0.5, 0.6) is 0 Å². The number of benzene rings is 1. The number of carboxylic acid groups (broad SMARTS) is 1. The minimum Gasteiger partial charge on any atom is -0.480 e. The highest BCUT2D eigenvalue weighted by atomic mass is 16.4. The first-order valence-corrected chi connectivity index (χ1v) is 5.09. The normalized spacial score (nSPS) is 23.2. The molecule has 0 bridgehead atoms. The average Bonchev–Trinajstić information content (AvgIpc) is 2.30. The summed E-state index contributed by atoms with van der Waals surface area (Å²) in [4.78, 5) is 11.5. The lowest BCUT2D eigenvalue weighted by Gasteiger charge is -2.28. The molecule has 0 radical (unpaired) electrons. The molecule has 0 saturated carbocycles. The number of aliphatic carboxylic acids is 1. The zero-order valence-electron chi connectivity index (χ0n) is 8.76. The minimum absolute atomic E-state index is 0.438. The molecule has 0 aliphatic heterocycles. The van der Waals surface area contributed by atoms with Crippen molar-refractivity contribution in [2.75, 3.05) is 5.73 Å². The van der Waals surface area contributed by atoms with Gasteiger partial charge in [0.15, 0.2) is 0 Å². The van der Waals surface area contributed by atoms with Gasteiger partial charge in [-0.05, 0) is 18.1 Å². The van der Waals surface area contributed by atoms with Crippen molar-refractivity contribution < 1.29 is 9.90 Å². The van der Waals surface area contributed by atoms with E-state index in [1.54, 1.807) is 30.4 Å². The van der Waals surface area contributed by atoms with Gasteiger partial charge < -0.3 is 10.8 Å². The molecule has 1 atom stereocenters. The highest BCUT2D eigenvalue weighted by Crippen LogP contribution is 2.36. The van der Waals surface area contributed by atoms with Crippen molar-refractivity contribution in [3.63, 3.8) is 0 Å². The summed E-state index contributed by atoms with van der Waals surface area (Å²) in [6.45, 7) is 0. The van der Waals surface area contributed by atoms with E-state index in [2.05, 4.69) is 0 Å². The summed E-state index contributed by atoms with van der Waals surface area (Å²) in [5.41, 5.74) is 6.01. The standard InChI is InChI=1S/C13H13NO2/c14-11-7-3-2-6-10(11)13(12(15)16)8-4-1-5-9-13/h1-8H,9,14H2,(H,15,16). The fraction of sp³-hybridized carbons (Fsp3) is 0.154. The Labute approximate surface area is 93.9 Å². The molecular weight excluding hydrogens is 202 g/mol. The van der Waals surface area contributed by atoms with Crippen molar-refractivity contribution in [3.8, 4) is 0 Å². The molecule has 3 N–H and O–H groups in total. The number of carboxylic acids is 1. The van der Waals surface area contributed by atoms with E-state index < -0.39 is 11.4 Å². The largest absolute Gasteiger partial charge is 0.480 e. The van der Waals surface area contributed by atoms with Gasteiger partial charge in [-0.1, -0.05) is 42.5 Å². The van der Waals surface area contributed by atoms with E-state index in [0.717, 1.165) is 0 Å². The van der Waals surface area contributed by atoms with Crippen LogP contribution in [0, 0.1) is 0 Å². The number of anilines is 1. The molecule has 0 fully saturated rings. The molecule has 1 aliphatic rings. The average molecular weight is 215 g/mol. The fourth-order valence-electron chi connectivity index (χ4n) is 2.00. The highest BCUT2D eigenvalue weighted by Gasteiger charge is 2.38. The number of nitrogens with two attached hydrogens (primary N) is 1. The lowest BCUT2D eigenvalue weighted by Crippen LogP contribution is -2.34. The molecule has 1 aliphatic carbocycles. The third-order valence-corrected chi connectivity index (χ3v) is 2.89. The zero-order valence-corrected chi connectivity index (χ0v) is 8.76. The van der Waals surface area contributed by atoms with Crippen LogP contribution in [0.15, 0.2) is 48.6 Å². The molecule has 0 spiro atoms. The van der Waals surface area contributed by atoms with E-state index in [1.165, 1.54) is 0 Å². The molecule has 0 aromatic heterocycles. The van der Waals surface area contributed by atoms with Crippen molar-refractivity contribution in [1.82, 2.24) is 0 Å². The summed E-state index contributed by atoms with van der Waals surface area (Å²) in [7, 11) is 0. The van der Waals surface area contributed by atoms with Crippen LogP contribution in [0.25, 0.3) is 0 Å². The molecule has 3 nitrogen and oxygen atoms in total. The van der Waals surface area contributed by atoms with E-state index >= 15 is 0 Å². The number of allylic oxidation sites excluding steroid dienone is 3. The molecule has 1 aromatic carbocycles. The van der Waals surface area contributed by atoms with E-state index in [9.17, 15) is 9.90 Å². The molecule has 0 saturated heterocycles. The lowest BCUT2D eigenvalue weighted by molar-refractivity contribution is -0.141. The van der Waals surface area contributed by atoms with Crippen molar-refractivity contribution >= 4 is 11.7 Å². The highest BCUT2D eigenvalue weighted by molar-refractivity contribution is 5.87. The van der Waals surface area contributed by atoms with Gasteiger partial charge in [0.25, 0.3) is 0 Å². The Hall–Kier alpha value is -2.03. The monoisotopic (exact) mass is 215 g/mol. The third-order valence-electron chi connectivity index (χ3n) is 2.89. The van der Waals surface area contributed by atoms with Gasteiger partial charge in [-0.15, -0.1) is 0 Å². The smallest absolute Gasteiger partial charge is 0.318 e. The van der Waals surface area contributed by atoms with Crippen LogP contribution in [0.2, 0.25) is 0 Å². The second-order valence-corrected chi connectivity index (χ2v) is 3.86. The van der Waals surface area contributed by atoms with Gasteiger partial charge in [0.1, 0.15) is 5.41 Å². The van der Waals surface area contributed by atoms with Gasteiger partial charge in [0.2, 0.25) is 0 Å². The molecule has 3 heteroatoms. The quantitative estimate of drug-likeness (QED) is 0.742. The Morgan fingerprint density at radius 2 is 2.06 bits per heavy atom. The van der Waals surface area contributed by atoms with E-state index in [-0.39, 0.29) is 0 Å².